The third-order valence-corrected chi connectivity index (χ3v) is 3.20. The minimum Gasteiger partial charge on any atom is -0.493 e. The summed E-state index contributed by atoms with van der Waals surface area (Å²) in [7, 11) is 0. The number of hydrogen-bond acceptors (Lipinski definition) is 3. The normalized spacial score (nSPS) is 18.2. The molecule has 2 rings (SSSR count). The second-order valence-corrected chi connectivity index (χ2v) is 6.43. The van der Waals surface area contributed by atoms with Crippen molar-refractivity contribution in [2.24, 2.45) is 0 Å². The molecule has 5 heteroatoms. The first kappa shape index (κ1) is 14.2. The van der Waals surface area contributed by atoms with E-state index in [4.69, 9.17) is 9.47 Å². The lowest BCUT2D eigenvalue weighted by atomic mass is 10.0. The smallest absolute Gasteiger partial charge is 0.408 e. The van der Waals surface area contributed by atoms with E-state index in [2.05, 4.69) is 21.2 Å². The molecule has 1 atom stereocenters. The number of alkyl carbamates (subject to hydrolysis) is 1. The van der Waals surface area contributed by atoms with Gasteiger partial charge in [-0.2, -0.15) is 0 Å². The molecule has 4 nitrogen and oxygen atoms in total. The molecule has 1 N–H and O–H groups in total. The van der Waals surface area contributed by atoms with Gasteiger partial charge in [-0.1, -0.05) is 15.9 Å². The second-order valence-electron chi connectivity index (χ2n) is 5.52. The predicted molar refractivity (Wildman–Crippen MR) is 76.4 cm³/mol. The highest BCUT2D eigenvalue weighted by Gasteiger charge is 2.25. The van der Waals surface area contributed by atoms with Crippen LogP contribution in [0.3, 0.4) is 0 Å². The van der Waals surface area contributed by atoms with Crippen LogP contribution in [0.15, 0.2) is 22.7 Å². The summed E-state index contributed by atoms with van der Waals surface area (Å²) in [5, 5.41) is 2.90. The summed E-state index contributed by atoms with van der Waals surface area (Å²) in [6, 6.07) is 5.73. The molecular formula is C14H18BrNO3. The summed E-state index contributed by atoms with van der Waals surface area (Å²) < 4.78 is 11.8. The quantitative estimate of drug-likeness (QED) is 0.853. The Kier molecular flexibility index (Phi) is 4.04. The topological polar surface area (TPSA) is 47.6 Å². The van der Waals surface area contributed by atoms with Crippen molar-refractivity contribution in [2.75, 3.05) is 6.61 Å². The Hall–Kier alpha value is -1.23. The van der Waals surface area contributed by atoms with E-state index in [-0.39, 0.29) is 6.04 Å². The van der Waals surface area contributed by atoms with Crippen molar-refractivity contribution in [3.63, 3.8) is 0 Å². The van der Waals surface area contributed by atoms with Crippen LogP contribution in [0.1, 0.15) is 38.8 Å². The Labute approximate surface area is 121 Å². The van der Waals surface area contributed by atoms with Crippen LogP contribution in [0.5, 0.6) is 5.75 Å². The molecule has 1 aliphatic rings. The molecule has 1 aromatic rings. The monoisotopic (exact) mass is 327 g/mol. The van der Waals surface area contributed by atoms with E-state index in [0.717, 1.165) is 22.2 Å². The van der Waals surface area contributed by atoms with Crippen LogP contribution in [-0.4, -0.2) is 18.3 Å². The van der Waals surface area contributed by atoms with Crippen LogP contribution in [-0.2, 0) is 4.74 Å². The molecule has 0 aromatic heterocycles. The van der Waals surface area contributed by atoms with Crippen LogP contribution >= 0.6 is 15.9 Å². The third-order valence-electron chi connectivity index (χ3n) is 2.70. The van der Waals surface area contributed by atoms with E-state index in [9.17, 15) is 4.79 Å². The van der Waals surface area contributed by atoms with E-state index in [1.54, 1.807) is 0 Å². The number of amides is 1. The maximum Gasteiger partial charge on any atom is 0.408 e. The summed E-state index contributed by atoms with van der Waals surface area (Å²) in [6.07, 6.45) is 0.341. The van der Waals surface area contributed by atoms with Crippen LogP contribution in [0.25, 0.3) is 0 Å². The summed E-state index contributed by atoms with van der Waals surface area (Å²) in [5.74, 6) is 0.815. The fraction of sp³-hybridized carbons (Fsp3) is 0.500. The van der Waals surface area contributed by atoms with Gasteiger partial charge in [0.15, 0.2) is 0 Å². The average Bonchev–Trinajstić information content (AvgIpc) is 2.27. The molecule has 1 heterocycles. The molecule has 1 aromatic carbocycles. The molecule has 0 saturated heterocycles. The van der Waals surface area contributed by atoms with Crippen LogP contribution in [0, 0.1) is 0 Å². The van der Waals surface area contributed by atoms with Crippen LogP contribution in [0.2, 0.25) is 0 Å². The maximum absolute atomic E-state index is 11.8. The van der Waals surface area contributed by atoms with Crippen molar-refractivity contribution in [1.82, 2.24) is 5.32 Å². The summed E-state index contributed by atoms with van der Waals surface area (Å²) in [5.41, 5.74) is 0.488. The number of nitrogens with one attached hydrogen (secondary N) is 1. The Balaban J connectivity index is 2.11. The van der Waals surface area contributed by atoms with Gasteiger partial charge in [0.25, 0.3) is 0 Å². The minimum absolute atomic E-state index is 0.0731. The lowest BCUT2D eigenvalue weighted by Crippen LogP contribution is -2.36. The Bertz CT molecular complexity index is 482. The number of hydrogen-bond donors (Lipinski definition) is 1. The van der Waals surface area contributed by atoms with Crippen LogP contribution < -0.4 is 10.1 Å². The first-order valence-corrected chi connectivity index (χ1v) is 7.06. The van der Waals surface area contributed by atoms with Crippen molar-refractivity contribution in [2.45, 2.75) is 38.8 Å². The molecule has 0 bridgehead atoms. The van der Waals surface area contributed by atoms with Gasteiger partial charge in [0.1, 0.15) is 11.4 Å². The molecule has 19 heavy (non-hydrogen) atoms. The van der Waals surface area contributed by atoms with Gasteiger partial charge in [-0.25, -0.2) is 4.79 Å². The fourth-order valence-corrected chi connectivity index (χ4v) is 2.34. The van der Waals surface area contributed by atoms with E-state index in [1.165, 1.54) is 0 Å². The molecule has 0 saturated carbocycles. The maximum atomic E-state index is 11.8. The zero-order valence-corrected chi connectivity index (χ0v) is 12.9. The average molecular weight is 328 g/mol. The van der Waals surface area contributed by atoms with E-state index >= 15 is 0 Å². The van der Waals surface area contributed by atoms with Crippen molar-refractivity contribution in [3.05, 3.63) is 28.2 Å². The highest BCUT2D eigenvalue weighted by atomic mass is 79.9. The number of ether oxygens (including phenoxy) is 2. The standard InChI is InChI=1S/C14H18BrNO3/c1-14(2,3)19-13(17)16-11-6-7-18-12-5-4-9(15)8-10(11)12/h4-5,8,11H,6-7H2,1-3H3,(H,16,17)/t11-/m1/s1. The zero-order valence-electron chi connectivity index (χ0n) is 11.3. The summed E-state index contributed by atoms with van der Waals surface area (Å²) in [6.45, 7) is 6.14. The van der Waals surface area contributed by atoms with E-state index in [1.807, 2.05) is 39.0 Å². The Morgan fingerprint density at radius 1 is 1.47 bits per heavy atom. The molecule has 0 radical (unpaired) electrons. The van der Waals surface area contributed by atoms with Crippen molar-refractivity contribution in [3.8, 4) is 5.75 Å². The van der Waals surface area contributed by atoms with Gasteiger partial charge in [0.2, 0.25) is 0 Å². The fourth-order valence-electron chi connectivity index (χ4n) is 1.97. The largest absolute Gasteiger partial charge is 0.493 e. The molecule has 0 unspecified atom stereocenters. The van der Waals surface area contributed by atoms with Gasteiger partial charge in [0, 0.05) is 16.5 Å². The summed E-state index contributed by atoms with van der Waals surface area (Å²) >= 11 is 3.43. The predicted octanol–water partition coefficient (Wildman–Crippen LogP) is 3.80. The minimum atomic E-state index is -0.491. The third kappa shape index (κ3) is 3.86. The molecule has 104 valence electrons. The Morgan fingerprint density at radius 2 is 2.21 bits per heavy atom. The lowest BCUT2D eigenvalue weighted by molar-refractivity contribution is 0.0491. The first-order chi connectivity index (χ1) is 8.85. The van der Waals surface area contributed by atoms with Gasteiger partial charge >= 0.3 is 6.09 Å². The number of carbonyl (C=O) groups excluding carboxylic acids is 1. The molecule has 0 aliphatic carbocycles. The molecule has 1 amide bonds. The second kappa shape index (κ2) is 5.41. The molecule has 0 fully saturated rings. The molecule has 0 spiro atoms. The van der Waals surface area contributed by atoms with Gasteiger partial charge in [-0.05, 0) is 39.0 Å². The number of halogens is 1. The number of carbonyl (C=O) groups is 1. The van der Waals surface area contributed by atoms with Gasteiger partial charge in [0.05, 0.1) is 12.6 Å². The number of rotatable bonds is 1. The highest BCUT2D eigenvalue weighted by Crippen LogP contribution is 2.34. The van der Waals surface area contributed by atoms with Gasteiger partial charge in [-0.3, -0.25) is 0 Å². The van der Waals surface area contributed by atoms with Gasteiger partial charge < -0.3 is 14.8 Å². The molecule has 1 aliphatic heterocycles. The van der Waals surface area contributed by atoms with Crippen LogP contribution in [0.4, 0.5) is 4.79 Å². The van der Waals surface area contributed by atoms with Crippen molar-refractivity contribution in [1.29, 1.82) is 0 Å². The lowest BCUT2D eigenvalue weighted by Gasteiger charge is -2.28. The number of benzene rings is 1. The highest BCUT2D eigenvalue weighted by molar-refractivity contribution is 9.10. The first-order valence-electron chi connectivity index (χ1n) is 6.27. The Morgan fingerprint density at radius 3 is 2.89 bits per heavy atom. The van der Waals surface area contributed by atoms with E-state index in [0.29, 0.717) is 6.61 Å². The SMILES string of the molecule is CC(C)(C)OC(=O)N[C@@H]1CCOc2ccc(Br)cc21. The van der Waals surface area contributed by atoms with Crippen molar-refractivity contribution < 1.29 is 14.3 Å². The number of fused-ring (bicyclic) bond motifs is 1. The van der Waals surface area contributed by atoms with E-state index < -0.39 is 11.7 Å². The zero-order chi connectivity index (χ0) is 14.0. The summed E-state index contributed by atoms with van der Waals surface area (Å²) in [4.78, 5) is 11.8. The van der Waals surface area contributed by atoms with Crippen molar-refractivity contribution >= 4 is 22.0 Å². The molecular weight excluding hydrogens is 310 g/mol. The van der Waals surface area contributed by atoms with Gasteiger partial charge in [-0.15, -0.1) is 0 Å².